The molecule has 0 N–H and O–H groups in total. The summed E-state index contributed by atoms with van der Waals surface area (Å²) in [5, 5.41) is 0. The van der Waals surface area contributed by atoms with E-state index in [1.165, 1.54) is 7.11 Å². The van der Waals surface area contributed by atoms with Crippen molar-refractivity contribution < 1.29 is 13.2 Å². The molecule has 0 heterocycles. The molecule has 1 atom stereocenters. The van der Waals surface area contributed by atoms with Gasteiger partial charge in [-0.05, 0) is 37.8 Å². The lowest BCUT2D eigenvalue weighted by molar-refractivity contribution is 0.268. The minimum absolute atomic E-state index is 0.0163. The number of sulfonamides is 1. The van der Waals surface area contributed by atoms with Crippen molar-refractivity contribution in [1.82, 2.24) is 4.31 Å². The summed E-state index contributed by atoms with van der Waals surface area (Å²) >= 11 is 0. The predicted octanol–water partition coefficient (Wildman–Crippen LogP) is 2.89. The molecule has 0 spiro atoms. The Labute approximate surface area is 121 Å². The lowest BCUT2D eigenvalue weighted by Gasteiger charge is -2.31. The van der Waals surface area contributed by atoms with E-state index in [1.54, 1.807) is 28.6 Å². The Hall–Kier alpha value is -1.07. The van der Waals surface area contributed by atoms with Crippen LogP contribution in [0.2, 0.25) is 0 Å². The molecule has 0 radical (unpaired) electrons. The van der Waals surface area contributed by atoms with Gasteiger partial charge in [-0.15, -0.1) is 0 Å². The van der Waals surface area contributed by atoms with Gasteiger partial charge in [0, 0.05) is 12.1 Å². The van der Waals surface area contributed by atoms with E-state index < -0.39 is 10.0 Å². The van der Waals surface area contributed by atoms with Crippen LogP contribution in [-0.4, -0.2) is 31.9 Å². The molecule has 5 heteroatoms. The molecule has 1 aromatic rings. The van der Waals surface area contributed by atoms with Crippen LogP contribution < -0.4 is 4.74 Å². The number of methoxy groups -OCH3 is 1. The van der Waals surface area contributed by atoms with Gasteiger partial charge in [0.15, 0.2) is 0 Å². The highest BCUT2D eigenvalue weighted by molar-refractivity contribution is 7.89. The molecule has 0 saturated heterocycles. The van der Waals surface area contributed by atoms with Crippen LogP contribution in [0.1, 0.15) is 33.6 Å². The summed E-state index contributed by atoms with van der Waals surface area (Å²) in [4.78, 5) is 0.266. The van der Waals surface area contributed by atoms with Gasteiger partial charge < -0.3 is 4.74 Å². The van der Waals surface area contributed by atoms with E-state index in [4.69, 9.17) is 4.74 Å². The van der Waals surface area contributed by atoms with Crippen molar-refractivity contribution in [1.29, 1.82) is 0 Å². The Bertz CT molecular complexity index is 564. The van der Waals surface area contributed by atoms with Gasteiger partial charge in [-0.1, -0.05) is 26.0 Å². The maximum absolute atomic E-state index is 13.0. The zero-order valence-electron chi connectivity index (χ0n) is 12.5. The molecule has 1 aliphatic rings. The van der Waals surface area contributed by atoms with E-state index in [0.717, 1.165) is 12.8 Å². The first-order valence-corrected chi connectivity index (χ1v) is 8.50. The van der Waals surface area contributed by atoms with Crippen LogP contribution in [-0.2, 0) is 10.0 Å². The van der Waals surface area contributed by atoms with Gasteiger partial charge in [-0.25, -0.2) is 8.42 Å². The monoisotopic (exact) mass is 297 g/mol. The maximum Gasteiger partial charge on any atom is 0.247 e. The molecule has 2 rings (SSSR count). The van der Waals surface area contributed by atoms with E-state index >= 15 is 0 Å². The van der Waals surface area contributed by atoms with Gasteiger partial charge >= 0.3 is 0 Å². The molecule has 20 heavy (non-hydrogen) atoms. The molecule has 112 valence electrons. The normalized spacial score (nSPS) is 17.5. The van der Waals surface area contributed by atoms with Gasteiger partial charge in [0.05, 0.1) is 7.11 Å². The van der Waals surface area contributed by atoms with Crippen molar-refractivity contribution in [3.05, 3.63) is 24.3 Å². The molecule has 1 fully saturated rings. The van der Waals surface area contributed by atoms with Gasteiger partial charge in [0.25, 0.3) is 0 Å². The Balaban J connectivity index is 2.46. The lowest BCUT2D eigenvalue weighted by Crippen LogP contribution is -2.43. The van der Waals surface area contributed by atoms with Crippen LogP contribution in [0.25, 0.3) is 0 Å². The summed E-state index contributed by atoms with van der Waals surface area (Å²) in [7, 11) is -2.01. The molecule has 1 aliphatic carbocycles. The summed E-state index contributed by atoms with van der Waals surface area (Å²) in [6.45, 7) is 6.09. The quantitative estimate of drug-likeness (QED) is 0.811. The Morgan fingerprint density at radius 1 is 1.20 bits per heavy atom. The van der Waals surface area contributed by atoms with Crippen molar-refractivity contribution in [2.45, 2.75) is 50.6 Å². The van der Waals surface area contributed by atoms with Crippen molar-refractivity contribution in [2.24, 2.45) is 5.92 Å². The number of rotatable bonds is 6. The van der Waals surface area contributed by atoms with Gasteiger partial charge in [0.1, 0.15) is 10.6 Å². The minimum atomic E-state index is -3.52. The summed E-state index contributed by atoms with van der Waals surface area (Å²) < 4.78 is 32.9. The molecule has 0 unspecified atom stereocenters. The lowest BCUT2D eigenvalue weighted by atomic mass is 10.1. The van der Waals surface area contributed by atoms with Crippen molar-refractivity contribution >= 4 is 10.0 Å². The number of benzene rings is 1. The minimum Gasteiger partial charge on any atom is -0.495 e. The zero-order valence-corrected chi connectivity index (χ0v) is 13.4. The third kappa shape index (κ3) is 2.83. The van der Waals surface area contributed by atoms with Crippen LogP contribution in [0, 0.1) is 5.92 Å². The van der Waals surface area contributed by atoms with E-state index in [9.17, 15) is 8.42 Å². The first kappa shape index (κ1) is 15.3. The fourth-order valence-corrected chi connectivity index (χ4v) is 4.48. The highest BCUT2D eigenvalue weighted by atomic mass is 32.2. The molecule has 4 nitrogen and oxygen atoms in total. The van der Waals surface area contributed by atoms with Crippen LogP contribution in [0.5, 0.6) is 5.75 Å². The van der Waals surface area contributed by atoms with Crippen molar-refractivity contribution in [3.63, 3.8) is 0 Å². The van der Waals surface area contributed by atoms with Gasteiger partial charge in [-0.3, -0.25) is 0 Å². The highest BCUT2D eigenvalue weighted by Gasteiger charge is 2.42. The van der Waals surface area contributed by atoms with Crippen molar-refractivity contribution in [3.8, 4) is 5.75 Å². The number of para-hydroxylation sites is 1. The molecule has 1 aromatic carbocycles. The van der Waals surface area contributed by atoms with Crippen molar-refractivity contribution in [2.75, 3.05) is 7.11 Å². The first-order chi connectivity index (χ1) is 9.39. The molecular formula is C15H23NO3S. The fraction of sp³-hybridized carbons (Fsp3) is 0.600. The second-order valence-electron chi connectivity index (χ2n) is 5.70. The fourth-order valence-electron chi connectivity index (χ4n) is 2.32. The molecule has 0 bridgehead atoms. The average molecular weight is 297 g/mol. The molecule has 0 aliphatic heterocycles. The number of hydrogen-bond acceptors (Lipinski definition) is 3. The number of ether oxygens (including phenoxy) is 1. The predicted molar refractivity (Wildman–Crippen MR) is 79.3 cm³/mol. The molecule has 0 aromatic heterocycles. The van der Waals surface area contributed by atoms with Crippen LogP contribution >= 0.6 is 0 Å². The van der Waals surface area contributed by atoms with E-state index in [2.05, 4.69) is 13.8 Å². The Morgan fingerprint density at radius 3 is 2.30 bits per heavy atom. The summed E-state index contributed by atoms with van der Waals surface area (Å²) in [6.07, 6.45) is 1.90. The van der Waals surface area contributed by atoms with E-state index in [1.807, 2.05) is 6.92 Å². The third-order valence-corrected chi connectivity index (χ3v) is 5.98. The molecule has 0 amide bonds. The average Bonchev–Trinajstić information content (AvgIpc) is 3.22. The molecular weight excluding hydrogens is 274 g/mol. The summed E-state index contributed by atoms with van der Waals surface area (Å²) in [6, 6.07) is 6.96. The second-order valence-corrected chi connectivity index (χ2v) is 7.51. The zero-order chi connectivity index (χ0) is 14.9. The largest absolute Gasteiger partial charge is 0.495 e. The summed E-state index contributed by atoms with van der Waals surface area (Å²) in [5.41, 5.74) is 0. The maximum atomic E-state index is 13.0. The van der Waals surface area contributed by atoms with E-state index in [0.29, 0.717) is 5.75 Å². The Morgan fingerprint density at radius 2 is 1.80 bits per heavy atom. The van der Waals surface area contributed by atoms with Crippen LogP contribution in [0.3, 0.4) is 0 Å². The highest BCUT2D eigenvalue weighted by Crippen LogP contribution is 2.37. The first-order valence-electron chi connectivity index (χ1n) is 7.06. The second kappa shape index (κ2) is 5.74. The van der Waals surface area contributed by atoms with E-state index in [-0.39, 0.29) is 22.9 Å². The Kier molecular flexibility index (Phi) is 4.39. The molecule has 1 saturated carbocycles. The topological polar surface area (TPSA) is 46.6 Å². The number of hydrogen-bond donors (Lipinski definition) is 0. The number of nitrogens with zero attached hydrogens (tertiary/aromatic N) is 1. The SMILES string of the molecule is COc1ccccc1S(=O)(=O)N(C1CC1)[C@@H](C)C(C)C. The van der Waals surface area contributed by atoms with Gasteiger partial charge in [0.2, 0.25) is 10.0 Å². The smallest absolute Gasteiger partial charge is 0.247 e. The van der Waals surface area contributed by atoms with Crippen LogP contribution in [0.15, 0.2) is 29.2 Å². The third-order valence-electron chi connectivity index (χ3n) is 3.90. The standard InChI is InChI=1S/C15H23NO3S/c1-11(2)12(3)16(13-9-10-13)20(17,18)15-8-6-5-7-14(15)19-4/h5-8,11-13H,9-10H2,1-4H3/t12-/m0/s1. The van der Waals surface area contributed by atoms with Gasteiger partial charge in [-0.2, -0.15) is 4.31 Å². The summed E-state index contributed by atoms with van der Waals surface area (Å²) in [5.74, 6) is 0.689. The van der Waals surface area contributed by atoms with Crippen LogP contribution in [0.4, 0.5) is 0 Å².